The van der Waals surface area contributed by atoms with Crippen LogP contribution in [0.25, 0.3) is 0 Å². The van der Waals surface area contributed by atoms with Crippen molar-refractivity contribution in [3.8, 4) is 5.75 Å². The van der Waals surface area contributed by atoms with Crippen LogP contribution in [0.4, 0.5) is 0 Å². The molecule has 1 aromatic heterocycles. The molecular formula is C19H25NO3S. The highest BCUT2D eigenvalue weighted by atomic mass is 32.2. The van der Waals surface area contributed by atoms with Gasteiger partial charge in [-0.1, -0.05) is 6.07 Å². The fraction of sp³-hybridized carbons (Fsp3) is 0.474. The van der Waals surface area contributed by atoms with Gasteiger partial charge in [-0.2, -0.15) is 0 Å². The summed E-state index contributed by atoms with van der Waals surface area (Å²) in [5.41, 5.74) is 1.29. The molecule has 24 heavy (non-hydrogen) atoms. The summed E-state index contributed by atoms with van der Waals surface area (Å²) in [6.45, 7) is 1.99. The van der Waals surface area contributed by atoms with Crippen LogP contribution >= 0.6 is 11.8 Å². The summed E-state index contributed by atoms with van der Waals surface area (Å²) < 4.78 is 10.7. The van der Waals surface area contributed by atoms with Gasteiger partial charge < -0.3 is 14.3 Å². The van der Waals surface area contributed by atoms with Crippen LogP contribution in [0.3, 0.4) is 0 Å². The Balaban J connectivity index is 1.65. The van der Waals surface area contributed by atoms with Crippen LogP contribution in [0.1, 0.15) is 36.7 Å². The molecule has 1 aromatic carbocycles. The number of nitrogens with zero attached hydrogens (tertiary/aromatic N) is 1. The van der Waals surface area contributed by atoms with E-state index in [1.807, 2.05) is 18.2 Å². The summed E-state index contributed by atoms with van der Waals surface area (Å²) in [6, 6.07) is 10.5. The van der Waals surface area contributed by atoms with Gasteiger partial charge in [-0.3, -0.25) is 4.90 Å². The molecule has 1 saturated heterocycles. The molecule has 4 nitrogen and oxygen atoms in total. The minimum absolute atomic E-state index is 0.393. The van der Waals surface area contributed by atoms with Crippen molar-refractivity contribution in [2.45, 2.75) is 42.8 Å². The van der Waals surface area contributed by atoms with Gasteiger partial charge in [-0.05, 0) is 61.9 Å². The maximum Gasteiger partial charge on any atom is 0.132 e. The van der Waals surface area contributed by atoms with E-state index < -0.39 is 6.10 Å². The maximum atomic E-state index is 10.4. The molecule has 1 fully saturated rings. The third-order valence-corrected chi connectivity index (χ3v) is 5.46. The van der Waals surface area contributed by atoms with Crippen LogP contribution in [0, 0.1) is 0 Å². The van der Waals surface area contributed by atoms with Crippen LogP contribution in [-0.4, -0.2) is 36.0 Å². The molecule has 1 aliphatic rings. The molecule has 0 saturated carbocycles. The van der Waals surface area contributed by atoms with Crippen molar-refractivity contribution in [3.63, 3.8) is 0 Å². The maximum absolute atomic E-state index is 10.4. The van der Waals surface area contributed by atoms with Gasteiger partial charge in [0.25, 0.3) is 0 Å². The Morgan fingerprint density at radius 1 is 1.42 bits per heavy atom. The summed E-state index contributed by atoms with van der Waals surface area (Å²) >= 11 is 1.71. The van der Waals surface area contributed by atoms with E-state index >= 15 is 0 Å². The zero-order valence-electron chi connectivity index (χ0n) is 14.3. The van der Waals surface area contributed by atoms with Gasteiger partial charge in [0.05, 0.1) is 13.4 Å². The van der Waals surface area contributed by atoms with E-state index in [0.29, 0.717) is 11.8 Å². The van der Waals surface area contributed by atoms with E-state index in [1.165, 1.54) is 16.9 Å². The summed E-state index contributed by atoms with van der Waals surface area (Å²) in [5.74, 6) is 1.59. The summed E-state index contributed by atoms with van der Waals surface area (Å²) in [6.07, 6.45) is 6.19. The fourth-order valence-electron chi connectivity index (χ4n) is 3.44. The number of aliphatic hydroxyl groups is 1. The zero-order valence-corrected chi connectivity index (χ0v) is 15.1. The first kappa shape index (κ1) is 17.4. The van der Waals surface area contributed by atoms with E-state index in [2.05, 4.69) is 23.3 Å². The molecule has 130 valence electrons. The standard InChI is InChI=1S/C19H25NO3S/c1-22-18-8-7-14(11-19(18)24-2)13-20-9-3-5-15(20)12-16(21)17-6-4-10-23-17/h4,6-8,10-11,15-16,21H,3,5,9,12-13H2,1-2H3. The van der Waals surface area contributed by atoms with Crippen molar-refractivity contribution in [1.82, 2.24) is 4.90 Å². The number of ether oxygens (including phenoxy) is 1. The number of rotatable bonds is 7. The molecule has 2 aromatic rings. The monoisotopic (exact) mass is 347 g/mol. The fourth-order valence-corrected chi connectivity index (χ4v) is 4.06. The van der Waals surface area contributed by atoms with Gasteiger partial charge in [0.2, 0.25) is 0 Å². The molecule has 5 heteroatoms. The second kappa shape index (κ2) is 8.10. The highest BCUT2D eigenvalue weighted by Gasteiger charge is 2.28. The van der Waals surface area contributed by atoms with E-state index in [-0.39, 0.29) is 0 Å². The van der Waals surface area contributed by atoms with Gasteiger partial charge in [0, 0.05) is 17.5 Å². The average Bonchev–Trinajstić information content (AvgIpc) is 3.27. The molecule has 0 bridgehead atoms. The number of methoxy groups -OCH3 is 1. The van der Waals surface area contributed by atoms with E-state index in [0.717, 1.165) is 31.7 Å². The number of aliphatic hydroxyl groups excluding tert-OH is 1. The lowest BCUT2D eigenvalue weighted by Gasteiger charge is -2.26. The second-order valence-electron chi connectivity index (χ2n) is 6.22. The first-order chi connectivity index (χ1) is 11.7. The smallest absolute Gasteiger partial charge is 0.132 e. The largest absolute Gasteiger partial charge is 0.496 e. The van der Waals surface area contributed by atoms with Crippen LogP contribution in [0.15, 0.2) is 45.9 Å². The average molecular weight is 347 g/mol. The predicted octanol–water partition coefficient (Wildman–Crippen LogP) is 4.10. The van der Waals surface area contributed by atoms with Crippen molar-refractivity contribution in [1.29, 1.82) is 0 Å². The third kappa shape index (κ3) is 3.97. The lowest BCUT2D eigenvalue weighted by molar-refractivity contribution is 0.0995. The lowest BCUT2D eigenvalue weighted by atomic mass is 10.0. The first-order valence-corrected chi connectivity index (χ1v) is 9.60. The van der Waals surface area contributed by atoms with E-state index in [9.17, 15) is 5.11 Å². The van der Waals surface area contributed by atoms with Gasteiger partial charge in [-0.15, -0.1) is 11.8 Å². The number of benzene rings is 1. The molecule has 1 N–H and O–H groups in total. The van der Waals surface area contributed by atoms with Crippen molar-refractivity contribution in [2.24, 2.45) is 0 Å². The van der Waals surface area contributed by atoms with Crippen LogP contribution in [-0.2, 0) is 6.54 Å². The van der Waals surface area contributed by atoms with Crippen molar-refractivity contribution >= 4 is 11.8 Å². The molecule has 0 aliphatic carbocycles. The normalized spacial score (nSPS) is 19.5. The highest BCUT2D eigenvalue weighted by Crippen LogP contribution is 2.32. The van der Waals surface area contributed by atoms with Crippen molar-refractivity contribution in [3.05, 3.63) is 47.9 Å². The Kier molecular flexibility index (Phi) is 5.87. The second-order valence-corrected chi connectivity index (χ2v) is 7.07. The van der Waals surface area contributed by atoms with Gasteiger partial charge in [0.1, 0.15) is 17.6 Å². The van der Waals surface area contributed by atoms with Gasteiger partial charge in [0.15, 0.2) is 0 Å². The minimum atomic E-state index is -0.525. The van der Waals surface area contributed by atoms with Crippen molar-refractivity contribution in [2.75, 3.05) is 19.9 Å². The number of furan rings is 1. The molecule has 2 unspecified atom stereocenters. The van der Waals surface area contributed by atoms with Crippen LogP contribution < -0.4 is 4.74 Å². The minimum Gasteiger partial charge on any atom is -0.496 e. The van der Waals surface area contributed by atoms with Gasteiger partial charge in [-0.25, -0.2) is 0 Å². The molecule has 3 rings (SSSR count). The van der Waals surface area contributed by atoms with Crippen molar-refractivity contribution < 1.29 is 14.3 Å². The molecule has 2 heterocycles. The topological polar surface area (TPSA) is 45.8 Å². The van der Waals surface area contributed by atoms with E-state index in [4.69, 9.17) is 9.15 Å². The number of likely N-dealkylation sites (tertiary alicyclic amines) is 1. The molecular weight excluding hydrogens is 322 g/mol. The predicted molar refractivity (Wildman–Crippen MR) is 96.5 cm³/mol. The van der Waals surface area contributed by atoms with Crippen LogP contribution in [0.2, 0.25) is 0 Å². The summed E-state index contributed by atoms with van der Waals surface area (Å²) in [4.78, 5) is 3.64. The quantitative estimate of drug-likeness (QED) is 0.764. The zero-order chi connectivity index (χ0) is 16.9. The molecule has 0 spiro atoms. The Labute approximate surface area is 147 Å². The Morgan fingerprint density at radius 3 is 3.00 bits per heavy atom. The molecule has 1 aliphatic heterocycles. The Morgan fingerprint density at radius 2 is 2.29 bits per heavy atom. The number of hydrogen-bond acceptors (Lipinski definition) is 5. The summed E-state index contributed by atoms with van der Waals surface area (Å²) in [5, 5.41) is 10.4. The van der Waals surface area contributed by atoms with Gasteiger partial charge >= 0.3 is 0 Å². The Bertz CT molecular complexity index is 644. The third-order valence-electron chi connectivity index (χ3n) is 4.70. The Hall–Kier alpha value is -1.43. The first-order valence-electron chi connectivity index (χ1n) is 8.37. The summed E-state index contributed by atoms with van der Waals surface area (Å²) in [7, 11) is 1.71. The number of hydrogen-bond donors (Lipinski definition) is 1. The lowest BCUT2D eigenvalue weighted by Crippen LogP contribution is -2.30. The molecule has 0 radical (unpaired) electrons. The highest BCUT2D eigenvalue weighted by molar-refractivity contribution is 7.98. The molecule has 2 atom stereocenters. The molecule has 0 amide bonds. The van der Waals surface area contributed by atoms with Crippen LogP contribution in [0.5, 0.6) is 5.75 Å². The SMILES string of the molecule is COc1ccc(CN2CCCC2CC(O)c2ccco2)cc1SC. The number of thioether (sulfide) groups is 1. The van der Waals surface area contributed by atoms with E-state index in [1.54, 1.807) is 25.1 Å².